The first-order valence-corrected chi connectivity index (χ1v) is 14.2. The van der Waals surface area contributed by atoms with Gasteiger partial charge in [0, 0.05) is 29.8 Å². The third-order valence-corrected chi connectivity index (χ3v) is 8.68. The smallest absolute Gasteiger partial charge is 0.238 e. The van der Waals surface area contributed by atoms with Crippen molar-refractivity contribution in [2.75, 3.05) is 11.9 Å². The zero-order valence-corrected chi connectivity index (χ0v) is 23.1. The van der Waals surface area contributed by atoms with Crippen molar-refractivity contribution in [2.45, 2.75) is 30.8 Å². The highest BCUT2D eigenvalue weighted by Gasteiger charge is 2.70. The van der Waals surface area contributed by atoms with Crippen LogP contribution < -0.4 is 10.1 Å². The number of ether oxygens (including phenoxy) is 1. The summed E-state index contributed by atoms with van der Waals surface area (Å²) in [6.45, 7) is 2.46. The van der Waals surface area contributed by atoms with Gasteiger partial charge in [-0.3, -0.25) is 19.4 Å². The molecule has 1 aromatic heterocycles. The number of aromatic nitrogens is 1. The van der Waals surface area contributed by atoms with E-state index in [9.17, 15) is 14.4 Å². The molecule has 1 amide bonds. The molecule has 208 valence electrons. The molecular weight excluding hydrogens is 526 g/mol. The minimum Gasteiger partial charge on any atom is -0.493 e. The fraction of sp³-hybridized carbons (Fsp3) is 0.200. The van der Waals surface area contributed by atoms with Gasteiger partial charge in [0.15, 0.2) is 11.6 Å². The number of pyridine rings is 1. The molecule has 0 bridgehead atoms. The zero-order chi connectivity index (χ0) is 28.8. The van der Waals surface area contributed by atoms with Gasteiger partial charge in [-0.1, -0.05) is 61.5 Å². The number of anilines is 1. The van der Waals surface area contributed by atoms with Crippen molar-refractivity contribution in [1.82, 2.24) is 9.88 Å². The number of benzene rings is 3. The van der Waals surface area contributed by atoms with Crippen molar-refractivity contribution in [3.05, 3.63) is 131 Å². The molecule has 7 nitrogen and oxygen atoms in total. The molecule has 1 N–H and O–H groups in total. The van der Waals surface area contributed by atoms with Gasteiger partial charge < -0.3 is 15.0 Å². The number of Topliss-reactive ketones (excluding diaryl/α,β-unsaturated/α-hetero) is 2. The van der Waals surface area contributed by atoms with Crippen LogP contribution >= 0.6 is 0 Å². The van der Waals surface area contributed by atoms with Gasteiger partial charge in [-0.25, -0.2) is 0 Å². The van der Waals surface area contributed by atoms with Gasteiger partial charge in [0.25, 0.3) is 0 Å². The number of rotatable bonds is 7. The van der Waals surface area contributed by atoms with Gasteiger partial charge >= 0.3 is 0 Å². The summed E-state index contributed by atoms with van der Waals surface area (Å²) in [7, 11) is 0. The first-order valence-electron chi connectivity index (χ1n) is 14.2. The zero-order valence-electron chi connectivity index (χ0n) is 23.1. The fourth-order valence-corrected chi connectivity index (χ4v) is 7.02. The number of amides is 1. The molecule has 42 heavy (non-hydrogen) atoms. The lowest BCUT2D eigenvalue weighted by Crippen LogP contribution is -2.49. The summed E-state index contributed by atoms with van der Waals surface area (Å²) in [5, 5.41) is 3.08. The minimum absolute atomic E-state index is 0.271. The fourth-order valence-electron chi connectivity index (χ4n) is 7.02. The number of nitrogens with one attached hydrogen (secondary N) is 1. The Morgan fingerprint density at radius 1 is 0.952 bits per heavy atom. The highest BCUT2D eigenvalue weighted by Crippen LogP contribution is 2.62. The quantitative estimate of drug-likeness (QED) is 0.288. The molecule has 0 unspecified atom stereocenters. The third kappa shape index (κ3) is 3.66. The maximum Gasteiger partial charge on any atom is 0.238 e. The molecule has 7 heteroatoms. The van der Waals surface area contributed by atoms with Crippen LogP contribution in [0.3, 0.4) is 0 Å². The van der Waals surface area contributed by atoms with Crippen molar-refractivity contribution in [2.24, 2.45) is 5.92 Å². The summed E-state index contributed by atoms with van der Waals surface area (Å²) in [5.74, 6) is -1.46. The van der Waals surface area contributed by atoms with E-state index in [4.69, 9.17) is 4.74 Å². The lowest BCUT2D eigenvalue weighted by molar-refractivity contribution is -0.122. The van der Waals surface area contributed by atoms with Crippen LogP contribution in [-0.2, 0) is 10.2 Å². The summed E-state index contributed by atoms with van der Waals surface area (Å²) >= 11 is 0. The summed E-state index contributed by atoms with van der Waals surface area (Å²) < 4.78 is 6.00. The number of fused-ring (bicyclic) bond motifs is 6. The van der Waals surface area contributed by atoms with Crippen LogP contribution in [0.1, 0.15) is 56.8 Å². The van der Waals surface area contributed by atoms with E-state index in [0.717, 1.165) is 17.5 Å². The van der Waals surface area contributed by atoms with Crippen LogP contribution in [0, 0.1) is 5.92 Å². The average Bonchev–Trinajstić information content (AvgIpc) is 3.52. The van der Waals surface area contributed by atoms with Gasteiger partial charge in [0.05, 0.1) is 24.1 Å². The van der Waals surface area contributed by atoms with Gasteiger partial charge in [-0.05, 0) is 59.5 Å². The van der Waals surface area contributed by atoms with E-state index in [1.807, 2.05) is 78.7 Å². The number of nitrogens with zero attached hydrogens (tertiary/aromatic N) is 2. The van der Waals surface area contributed by atoms with E-state index in [1.54, 1.807) is 36.5 Å². The number of para-hydroxylation sites is 2. The van der Waals surface area contributed by atoms with E-state index >= 15 is 0 Å². The monoisotopic (exact) mass is 555 g/mol. The van der Waals surface area contributed by atoms with E-state index in [0.29, 0.717) is 34.7 Å². The van der Waals surface area contributed by atoms with E-state index in [2.05, 4.69) is 10.3 Å². The van der Waals surface area contributed by atoms with E-state index in [1.165, 1.54) is 6.20 Å². The first-order chi connectivity index (χ1) is 20.6. The van der Waals surface area contributed by atoms with E-state index < -0.39 is 23.4 Å². The topological polar surface area (TPSA) is 88.6 Å². The third-order valence-electron chi connectivity index (χ3n) is 8.68. The molecule has 4 atom stereocenters. The van der Waals surface area contributed by atoms with Gasteiger partial charge in [-0.2, -0.15) is 0 Å². The lowest BCUT2D eigenvalue weighted by atomic mass is 9.62. The Labute approximate surface area is 243 Å². The Kier molecular flexibility index (Phi) is 6.23. The number of ketones is 2. The van der Waals surface area contributed by atoms with Crippen LogP contribution in [0.5, 0.6) is 5.75 Å². The number of carbonyl (C=O) groups is 3. The molecule has 3 aliphatic rings. The molecule has 7 rings (SSSR count). The number of hydrogen-bond donors (Lipinski definition) is 1. The summed E-state index contributed by atoms with van der Waals surface area (Å²) in [6.07, 6.45) is 7.72. The maximum absolute atomic E-state index is 14.8. The Bertz CT molecular complexity index is 1750. The molecule has 1 saturated heterocycles. The number of carbonyl (C=O) groups excluding carboxylic acids is 3. The van der Waals surface area contributed by atoms with Gasteiger partial charge in [0.2, 0.25) is 5.91 Å². The molecule has 0 radical (unpaired) electrons. The largest absolute Gasteiger partial charge is 0.493 e. The normalized spacial score (nSPS) is 23.2. The first kappa shape index (κ1) is 25.9. The summed E-state index contributed by atoms with van der Waals surface area (Å²) in [5.41, 5.74) is 2.55. The predicted molar refractivity (Wildman–Crippen MR) is 159 cm³/mol. The second-order valence-corrected chi connectivity index (χ2v) is 10.9. The maximum atomic E-state index is 14.8. The molecule has 4 heterocycles. The Balaban J connectivity index is 1.52. The van der Waals surface area contributed by atoms with Gasteiger partial charge in [0.1, 0.15) is 17.2 Å². The lowest BCUT2D eigenvalue weighted by Gasteiger charge is -2.38. The van der Waals surface area contributed by atoms with Crippen LogP contribution in [-0.4, -0.2) is 40.0 Å². The second-order valence-electron chi connectivity index (χ2n) is 10.9. The molecule has 1 fully saturated rings. The van der Waals surface area contributed by atoms with Crippen molar-refractivity contribution < 1.29 is 19.1 Å². The van der Waals surface area contributed by atoms with Crippen molar-refractivity contribution >= 4 is 29.2 Å². The molecule has 3 aromatic carbocycles. The molecule has 1 spiro atoms. The van der Waals surface area contributed by atoms with Crippen LogP contribution in [0.25, 0.3) is 6.08 Å². The van der Waals surface area contributed by atoms with Crippen molar-refractivity contribution in [1.29, 1.82) is 0 Å². The number of hydrogen-bond acceptors (Lipinski definition) is 6. The van der Waals surface area contributed by atoms with Crippen molar-refractivity contribution in [3.63, 3.8) is 0 Å². The minimum atomic E-state index is -1.38. The standard InChI is InChI=1S/C35H29N3O4/c1-2-20-42-28-16-8-5-13-25(28)32(40)30-29(31(39)23-11-9-18-36-21-23)35(26-14-6-7-15-27(26)37-34(35)41)33-24-12-4-3-10-22(24)17-19-38(30)33/h3-19,21,29-30,33H,2,20H2,1H3,(H,37,41)/t29-,30+,33-,35+/m1/s1. The SMILES string of the molecule is CCCOc1ccccc1C(=O)[C@@H]1[C@H](C(=O)c2cccnc2)[C@]2(C(=O)Nc3ccccc32)[C@H]2c3ccccc3C=CN12. The Morgan fingerprint density at radius 2 is 1.74 bits per heavy atom. The Morgan fingerprint density at radius 3 is 2.57 bits per heavy atom. The predicted octanol–water partition coefficient (Wildman–Crippen LogP) is 5.85. The average molecular weight is 556 g/mol. The molecule has 0 saturated carbocycles. The second kappa shape index (κ2) is 10.1. The van der Waals surface area contributed by atoms with Crippen LogP contribution in [0.2, 0.25) is 0 Å². The molecular formula is C35H29N3O4. The molecule has 0 aliphatic carbocycles. The van der Waals surface area contributed by atoms with Crippen molar-refractivity contribution in [3.8, 4) is 5.75 Å². The highest BCUT2D eigenvalue weighted by atomic mass is 16.5. The van der Waals surface area contributed by atoms with Crippen LogP contribution in [0.15, 0.2) is 104 Å². The Hall–Kier alpha value is -5.04. The van der Waals surface area contributed by atoms with Crippen LogP contribution in [0.4, 0.5) is 5.69 Å². The van der Waals surface area contributed by atoms with Gasteiger partial charge in [-0.15, -0.1) is 0 Å². The summed E-state index contributed by atoms with van der Waals surface area (Å²) in [4.78, 5) is 50.3. The van der Waals surface area contributed by atoms with E-state index in [-0.39, 0.29) is 17.5 Å². The molecule has 3 aliphatic heterocycles. The highest BCUT2D eigenvalue weighted by molar-refractivity contribution is 6.17. The summed E-state index contributed by atoms with van der Waals surface area (Å²) in [6, 6.07) is 24.3. The molecule has 4 aromatic rings.